The molecule has 28 heavy (non-hydrogen) atoms. The maximum Gasteiger partial charge on any atom is 0.248 e. The lowest BCUT2D eigenvalue weighted by atomic mass is 9.95. The summed E-state index contributed by atoms with van der Waals surface area (Å²) in [5, 5.41) is 12.4. The molecule has 1 aliphatic rings. The topological polar surface area (TPSA) is 51.3 Å². The Morgan fingerprint density at radius 2 is 1.43 bits per heavy atom. The third-order valence-electron chi connectivity index (χ3n) is 4.81. The number of fused-ring (bicyclic) bond motifs is 2. The van der Waals surface area contributed by atoms with Crippen molar-refractivity contribution in [2.45, 2.75) is 6.92 Å². The molecule has 0 N–H and O–H groups in total. The van der Waals surface area contributed by atoms with Crippen LogP contribution in [0.25, 0.3) is 29.3 Å². The summed E-state index contributed by atoms with van der Waals surface area (Å²) in [6.45, 7) is 1.80. The molecule has 0 spiro atoms. The summed E-state index contributed by atoms with van der Waals surface area (Å²) in [7, 11) is 0. The van der Waals surface area contributed by atoms with Crippen LogP contribution in [0.2, 0.25) is 0 Å². The average molecular weight is 363 g/mol. The minimum Gasteiger partial charge on any atom is -0.421 e. The van der Waals surface area contributed by atoms with E-state index in [9.17, 15) is 0 Å². The molecular formula is C24H17N3O. The molecule has 0 bridgehead atoms. The van der Waals surface area contributed by atoms with Gasteiger partial charge < -0.3 is 4.42 Å². The molecule has 0 atom stereocenters. The summed E-state index contributed by atoms with van der Waals surface area (Å²) in [6, 6.07) is 24.6. The predicted molar refractivity (Wildman–Crippen MR) is 109 cm³/mol. The van der Waals surface area contributed by atoms with Crippen LogP contribution >= 0.6 is 0 Å². The van der Waals surface area contributed by atoms with Crippen LogP contribution in [0, 0.1) is 6.92 Å². The Bertz CT molecular complexity index is 1430. The number of aromatic nitrogens is 2. The van der Waals surface area contributed by atoms with Crippen molar-refractivity contribution in [3.8, 4) is 11.5 Å². The molecule has 1 aliphatic heterocycles. The summed E-state index contributed by atoms with van der Waals surface area (Å²) in [5.41, 5.74) is 3.02. The maximum absolute atomic E-state index is 5.74. The Kier molecular flexibility index (Phi) is 3.95. The zero-order valence-electron chi connectivity index (χ0n) is 15.3. The van der Waals surface area contributed by atoms with E-state index in [2.05, 4.69) is 40.5 Å². The molecule has 0 radical (unpaired) electrons. The van der Waals surface area contributed by atoms with E-state index in [4.69, 9.17) is 9.41 Å². The van der Waals surface area contributed by atoms with Crippen molar-refractivity contribution in [1.29, 1.82) is 0 Å². The van der Waals surface area contributed by atoms with Crippen LogP contribution in [0.4, 0.5) is 0 Å². The second-order valence-corrected chi connectivity index (χ2v) is 6.63. The molecule has 0 saturated heterocycles. The van der Waals surface area contributed by atoms with E-state index in [0.29, 0.717) is 11.8 Å². The van der Waals surface area contributed by atoms with Gasteiger partial charge >= 0.3 is 0 Å². The molecule has 3 aromatic carbocycles. The number of hydrogen-bond donors (Lipinski definition) is 0. The molecule has 4 aromatic rings. The van der Waals surface area contributed by atoms with Crippen LogP contribution in [0.15, 0.2) is 82.2 Å². The summed E-state index contributed by atoms with van der Waals surface area (Å²) < 4.78 is 5.74. The fourth-order valence-corrected chi connectivity index (χ4v) is 3.48. The number of nitrogens with zero attached hydrogens (tertiary/aromatic N) is 3. The van der Waals surface area contributed by atoms with Crippen molar-refractivity contribution in [3.05, 3.63) is 105 Å². The Morgan fingerprint density at radius 1 is 0.714 bits per heavy atom. The first-order chi connectivity index (χ1) is 13.8. The van der Waals surface area contributed by atoms with Gasteiger partial charge in [0, 0.05) is 23.9 Å². The Hall–Kier alpha value is -3.79. The quantitative estimate of drug-likeness (QED) is 0.548. The number of benzene rings is 3. The number of aryl methyl sites for hydroxylation is 1. The highest BCUT2D eigenvalue weighted by atomic mass is 16.4. The third-order valence-corrected chi connectivity index (χ3v) is 4.81. The van der Waals surface area contributed by atoms with Gasteiger partial charge in [0.1, 0.15) is 0 Å². The summed E-state index contributed by atoms with van der Waals surface area (Å²) in [4.78, 5) is 4.75. The fourth-order valence-electron chi connectivity index (χ4n) is 3.48. The van der Waals surface area contributed by atoms with Crippen molar-refractivity contribution in [3.63, 3.8) is 0 Å². The number of rotatable bonds is 2. The third kappa shape index (κ3) is 2.85. The lowest BCUT2D eigenvalue weighted by Crippen LogP contribution is -2.32. The number of hydrogen-bond acceptors (Lipinski definition) is 4. The highest BCUT2D eigenvalue weighted by molar-refractivity contribution is 5.93. The first-order valence-electron chi connectivity index (χ1n) is 9.14. The van der Waals surface area contributed by atoms with Gasteiger partial charge in [-0.25, -0.2) is 0 Å². The van der Waals surface area contributed by atoms with Crippen molar-refractivity contribution in [1.82, 2.24) is 10.2 Å². The highest BCUT2D eigenvalue weighted by Gasteiger charge is 2.14. The normalized spacial score (nSPS) is 12.5. The second kappa shape index (κ2) is 6.74. The van der Waals surface area contributed by atoms with Crippen molar-refractivity contribution < 1.29 is 4.42 Å². The second-order valence-electron chi connectivity index (χ2n) is 6.63. The molecule has 0 aliphatic carbocycles. The van der Waals surface area contributed by atoms with Gasteiger partial charge in [-0.05, 0) is 39.8 Å². The molecule has 4 heteroatoms. The van der Waals surface area contributed by atoms with E-state index in [-0.39, 0.29) is 0 Å². The molecule has 0 fully saturated rings. The van der Waals surface area contributed by atoms with Gasteiger partial charge in [-0.2, -0.15) is 0 Å². The molecule has 0 unspecified atom stereocenters. The van der Waals surface area contributed by atoms with Crippen molar-refractivity contribution >= 4 is 17.8 Å². The molecule has 4 nitrogen and oxygen atoms in total. The van der Waals surface area contributed by atoms with Crippen LogP contribution in [-0.2, 0) is 0 Å². The fraction of sp³-hybridized carbons (Fsp3) is 0.0417. The van der Waals surface area contributed by atoms with Crippen LogP contribution in [0.1, 0.15) is 11.5 Å². The molecule has 0 saturated carbocycles. The van der Waals surface area contributed by atoms with Crippen LogP contribution < -0.4 is 21.0 Å². The zero-order valence-corrected chi connectivity index (χ0v) is 15.3. The van der Waals surface area contributed by atoms with E-state index >= 15 is 0 Å². The van der Waals surface area contributed by atoms with Gasteiger partial charge in [-0.15, -0.1) is 10.2 Å². The molecule has 0 amide bonds. The Labute approximate surface area is 161 Å². The van der Waals surface area contributed by atoms with Gasteiger partial charge in [0.05, 0.1) is 5.36 Å². The minimum absolute atomic E-state index is 0.519. The van der Waals surface area contributed by atoms with Gasteiger partial charge in [0.25, 0.3) is 0 Å². The smallest absolute Gasteiger partial charge is 0.248 e. The predicted octanol–water partition coefficient (Wildman–Crippen LogP) is 2.10. The largest absolute Gasteiger partial charge is 0.421 e. The summed E-state index contributed by atoms with van der Waals surface area (Å²) >= 11 is 0. The molecule has 2 heterocycles. The SMILES string of the molecule is Cc1nnc(-c2ccccc2C2=c3ccccc3=NC=c3ccccc3=C2)o1. The van der Waals surface area contributed by atoms with E-state index < -0.39 is 0 Å². The highest BCUT2D eigenvalue weighted by Crippen LogP contribution is 2.27. The van der Waals surface area contributed by atoms with Crippen molar-refractivity contribution in [2.75, 3.05) is 0 Å². The van der Waals surface area contributed by atoms with Crippen LogP contribution in [0.5, 0.6) is 0 Å². The van der Waals surface area contributed by atoms with E-state index in [1.807, 2.05) is 54.7 Å². The lowest BCUT2D eigenvalue weighted by Gasteiger charge is -2.09. The summed E-state index contributed by atoms with van der Waals surface area (Å²) in [5.74, 6) is 1.07. The van der Waals surface area contributed by atoms with Crippen LogP contribution in [0.3, 0.4) is 0 Å². The van der Waals surface area contributed by atoms with E-state index in [1.165, 1.54) is 0 Å². The van der Waals surface area contributed by atoms with E-state index in [1.54, 1.807) is 6.92 Å². The molecule has 5 rings (SSSR count). The molecule has 1 aromatic heterocycles. The van der Waals surface area contributed by atoms with Crippen LogP contribution in [-0.4, -0.2) is 10.2 Å². The average Bonchev–Trinajstić information content (AvgIpc) is 3.16. The monoisotopic (exact) mass is 363 g/mol. The molecular weight excluding hydrogens is 346 g/mol. The standard InChI is InChI=1S/C24H17N3O/c1-16-26-27-24(28-16)21-12-5-4-10-19(21)22-14-17-8-2-3-9-18(17)15-25-23-13-7-6-11-20(22)23/h2-15H,1H3. The van der Waals surface area contributed by atoms with E-state index in [0.717, 1.165) is 37.7 Å². The first-order valence-corrected chi connectivity index (χ1v) is 9.14. The van der Waals surface area contributed by atoms with Gasteiger partial charge in [-0.3, -0.25) is 4.99 Å². The summed E-state index contributed by atoms with van der Waals surface area (Å²) in [6.07, 6.45) is 4.14. The lowest BCUT2D eigenvalue weighted by molar-refractivity contribution is 0.532. The minimum atomic E-state index is 0.519. The molecule has 134 valence electrons. The van der Waals surface area contributed by atoms with Crippen molar-refractivity contribution in [2.24, 2.45) is 4.99 Å². The maximum atomic E-state index is 5.74. The van der Waals surface area contributed by atoms with Gasteiger partial charge in [-0.1, -0.05) is 60.7 Å². The van der Waals surface area contributed by atoms with Gasteiger partial charge in [0.2, 0.25) is 11.8 Å². The number of para-hydroxylation sites is 1. The van der Waals surface area contributed by atoms with Gasteiger partial charge in [0.15, 0.2) is 0 Å². The Balaban J connectivity index is 1.92. The zero-order chi connectivity index (χ0) is 18.9. The Morgan fingerprint density at radius 3 is 2.25 bits per heavy atom. The first kappa shape index (κ1) is 16.4.